The predicted molar refractivity (Wildman–Crippen MR) is 147 cm³/mol. The van der Waals surface area contributed by atoms with Crippen molar-refractivity contribution in [3.63, 3.8) is 0 Å². The predicted octanol–water partition coefficient (Wildman–Crippen LogP) is 5.95. The molecule has 0 spiro atoms. The van der Waals surface area contributed by atoms with Gasteiger partial charge in [0.1, 0.15) is 0 Å². The Labute approximate surface area is 214 Å². The van der Waals surface area contributed by atoms with E-state index in [1.54, 1.807) is 6.21 Å². The number of carbonyl (C=O) groups is 1. The number of rotatable bonds is 7. The summed E-state index contributed by atoms with van der Waals surface area (Å²) < 4.78 is 1.99. The minimum Gasteiger partial charge on any atom is -0.272 e. The van der Waals surface area contributed by atoms with Crippen molar-refractivity contribution in [2.24, 2.45) is 5.10 Å². The van der Waals surface area contributed by atoms with E-state index in [-0.39, 0.29) is 11.7 Å². The van der Waals surface area contributed by atoms with Crippen LogP contribution >= 0.6 is 11.8 Å². The molecule has 5 rings (SSSR count). The molecular weight excluding hydrogens is 466 g/mol. The molecule has 0 atom stereocenters. The third-order valence-electron chi connectivity index (χ3n) is 5.78. The van der Waals surface area contributed by atoms with Gasteiger partial charge in [0.25, 0.3) is 5.91 Å². The van der Waals surface area contributed by atoms with Crippen molar-refractivity contribution in [2.45, 2.75) is 19.0 Å². The maximum absolute atomic E-state index is 12.6. The van der Waals surface area contributed by atoms with Crippen LogP contribution in [0.25, 0.3) is 27.8 Å². The van der Waals surface area contributed by atoms with Crippen LogP contribution in [0.5, 0.6) is 0 Å². The van der Waals surface area contributed by atoms with Crippen molar-refractivity contribution in [3.05, 3.63) is 108 Å². The Morgan fingerprint density at radius 2 is 1.58 bits per heavy atom. The number of carbonyl (C=O) groups excluding carboxylic acids is 1. The number of hydrogen-bond acceptors (Lipinski definition) is 5. The zero-order valence-corrected chi connectivity index (χ0v) is 20.9. The molecule has 0 aliphatic carbocycles. The Morgan fingerprint density at radius 1 is 0.889 bits per heavy atom. The van der Waals surface area contributed by atoms with Crippen LogP contribution in [0.4, 0.5) is 0 Å². The highest BCUT2D eigenvalue weighted by atomic mass is 32.2. The van der Waals surface area contributed by atoms with Gasteiger partial charge in [0.05, 0.1) is 12.0 Å². The number of hydrazone groups is 1. The lowest BCUT2D eigenvalue weighted by molar-refractivity contribution is -0.118. The highest BCUT2D eigenvalue weighted by Crippen LogP contribution is 2.28. The van der Waals surface area contributed by atoms with Crippen molar-refractivity contribution in [1.82, 2.24) is 20.2 Å². The van der Waals surface area contributed by atoms with Crippen molar-refractivity contribution in [1.29, 1.82) is 0 Å². The van der Waals surface area contributed by atoms with Gasteiger partial charge in [-0.05, 0) is 36.8 Å². The molecule has 0 fully saturated rings. The lowest BCUT2D eigenvalue weighted by Gasteiger charge is -2.11. The van der Waals surface area contributed by atoms with Gasteiger partial charge in [-0.25, -0.2) is 5.43 Å². The first-order valence-corrected chi connectivity index (χ1v) is 12.6. The molecule has 0 saturated heterocycles. The second-order valence-electron chi connectivity index (χ2n) is 8.49. The summed E-state index contributed by atoms with van der Waals surface area (Å²) in [4.78, 5) is 12.6. The van der Waals surface area contributed by atoms with E-state index >= 15 is 0 Å². The van der Waals surface area contributed by atoms with Crippen molar-refractivity contribution in [2.75, 3.05) is 5.75 Å². The molecule has 7 heteroatoms. The first kappa shape index (κ1) is 23.5. The van der Waals surface area contributed by atoms with Crippen LogP contribution in [0, 0.1) is 13.8 Å². The number of thioether (sulfide) groups is 1. The fourth-order valence-electron chi connectivity index (χ4n) is 3.88. The molecular formula is C29H25N5OS. The molecule has 1 N–H and O–H groups in total. The van der Waals surface area contributed by atoms with Crippen molar-refractivity contribution in [3.8, 4) is 17.1 Å². The number of amides is 1. The number of nitrogens with one attached hydrogen (secondary N) is 1. The summed E-state index contributed by atoms with van der Waals surface area (Å²) in [6.07, 6.45) is 1.68. The number of nitrogens with zero attached hydrogens (tertiary/aromatic N) is 4. The van der Waals surface area contributed by atoms with E-state index in [9.17, 15) is 4.79 Å². The van der Waals surface area contributed by atoms with E-state index < -0.39 is 0 Å². The summed E-state index contributed by atoms with van der Waals surface area (Å²) in [7, 11) is 0. The maximum Gasteiger partial charge on any atom is 0.250 e. The molecule has 0 bridgehead atoms. The lowest BCUT2D eigenvalue weighted by Crippen LogP contribution is -2.20. The SMILES string of the molecule is Cc1ccc(-c2nnc(SCC(=O)N/N=C/c3cccc4ccccc34)n2-c2ccc(C)cc2)cc1. The van der Waals surface area contributed by atoms with Gasteiger partial charge in [0.15, 0.2) is 11.0 Å². The number of benzene rings is 4. The highest BCUT2D eigenvalue weighted by molar-refractivity contribution is 7.99. The van der Waals surface area contributed by atoms with Crippen LogP contribution < -0.4 is 5.43 Å². The summed E-state index contributed by atoms with van der Waals surface area (Å²) in [6, 6.07) is 30.4. The molecule has 178 valence electrons. The molecule has 0 saturated carbocycles. The lowest BCUT2D eigenvalue weighted by atomic mass is 10.1. The van der Waals surface area contributed by atoms with Gasteiger partial charge >= 0.3 is 0 Å². The third-order valence-corrected chi connectivity index (χ3v) is 6.71. The zero-order valence-electron chi connectivity index (χ0n) is 20.1. The van der Waals surface area contributed by atoms with Crippen LogP contribution in [-0.2, 0) is 4.79 Å². The van der Waals surface area contributed by atoms with Crippen LogP contribution in [0.1, 0.15) is 16.7 Å². The second kappa shape index (κ2) is 10.6. The minimum atomic E-state index is -0.216. The monoisotopic (exact) mass is 491 g/mol. The van der Waals surface area contributed by atoms with E-state index in [4.69, 9.17) is 0 Å². The zero-order chi connectivity index (χ0) is 24.9. The molecule has 1 heterocycles. The van der Waals surface area contributed by atoms with Gasteiger partial charge in [-0.1, -0.05) is 102 Å². The first-order valence-electron chi connectivity index (χ1n) is 11.6. The summed E-state index contributed by atoms with van der Waals surface area (Å²) in [6.45, 7) is 4.10. The molecule has 0 aliphatic heterocycles. The fourth-order valence-corrected chi connectivity index (χ4v) is 4.62. The van der Waals surface area contributed by atoms with Gasteiger partial charge in [0.2, 0.25) is 0 Å². The molecule has 0 aliphatic rings. The van der Waals surface area contributed by atoms with E-state index in [2.05, 4.69) is 71.0 Å². The second-order valence-corrected chi connectivity index (χ2v) is 9.44. The fraction of sp³-hybridized carbons (Fsp3) is 0.103. The average Bonchev–Trinajstić information content (AvgIpc) is 3.32. The Balaban J connectivity index is 1.33. The van der Waals surface area contributed by atoms with Crippen molar-refractivity contribution >= 4 is 34.7 Å². The number of hydrogen-bond donors (Lipinski definition) is 1. The molecule has 36 heavy (non-hydrogen) atoms. The largest absolute Gasteiger partial charge is 0.272 e. The summed E-state index contributed by atoms with van der Waals surface area (Å²) in [5.41, 5.74) is 7.83. The van der Waals surface area contributed by atoms with E-state index in [1.165, 1.54) is 22.9 Å². The van der Waals surface area contributed by atoms with E-state index in [0.29, 0.717) is 5.16 Å². The summed E-state index contributed by atoms with van der Waals surface area (Å²) >= 11 is 1.33. The normalized spacial score (nSPS) is 11.3. The Hall–Kier alpha value is -4.23. The topological polar surface area (TPSA) is 72.2 Å². The summed E-state index contributed by atoms with van der Waals surface area (Å²) in [5.74, 6) is 0.674. The standard InChI is InChI=1S/C29H25N5OS/c1-20-10-14-23(15-11-20)28-32-33-29(34(28)25-16-12-21(2)13-17-25)36-19-27(35)31-30-18-24-8-5-7-22-6-3-4-9-26(22)24/h3-18H,19H2,1-2H3,(H,31,35)/b30-18+. The van der Waals surface area contributed by atoms with Gasteiger partial charge in [-0.15, -0.1) is 10.2 Å². The third kappa shape index (κ3) is 5.21. The van der Waals surface area contributed by atoms with Crippen LogP contribution in [0.2, 0.25) is 0 Å². The Kier molecular flexibility index (Phi) is 6.91. The van der Waals surface area contributed by atoms with E-state index in [1.807, 2.05) is 59.2 Å². The van der Waals surface area contributed by atoms with E-state index in [0.717, 1.165) is 33.4 Å². The first-order chi connectivity index (χ1) is 17.6. The molecule has 5 aromatic rings. The smallest absolute Gasteiger partial charge is 0.250 e. The maximum atomic E-state index is 12.6. The molecule has 1 aromatic heterocycles. The van der Waals surface area contributed by atoms with Gasteiger partial charge in [-0.3, -0.25) is 9.36 Å². The van der Waals surface area contributed by atoms with Gasteiger partial charge in [0, 0.05) is 16.8 Å². The number of aryl methyl sites for hydroxylation is 2. The van der Waals surface area contributed by atoms with Crippen LogP contribution in [0.15, 0.2) is 101 Å². The number of aromatic nitrogens is 3. The highest BCUT2D eigenvalue weighted by Gasteiger charge is 2.17. The molecule has 1 amide bonds. The Bertz CT molecular complexity index is 1530. The molecule has 0 radical (unpaired) electrons. The minimum absolute atomic E-state index is 0.158. The average molecular weight is 492 g/mol. The molecule has 0 unspecified atom stereocenters. The number of fused-ring (bicyclic) bond motifs is 1. The van der Waals surface area contributed by atoms with Crippen LogP contribution in [0.3, 0.4) is 0 Å². The van der Waals surface area contributed by atoms with Gasteiger partial charge < -0.3 is 0 Å². The quantitative estimate of drug-likeness (QED) is 0.174. The summed E-state index contributed by atoms with van der Waals surface area (Å²) in [5, 5.41) is 15.9. The van der Waals surface area contributed by atoms with Crippen LogP contribution in [-0.4, -0.2) is 32.6 Å². The molecule has 6 nitrogen and oxygen atoms in total. The van der Waals surface area contributed by atoms with Gasteiger partial charge in [-0.2, -0.15) is 5.10 Å². The molecule has 4 aromatic carbocycles. The van der Waals surface area contributed by atoms with Crippen molar-refractivity contribution < 1.29 is 4.79 Å². The Morgan fingerprint density at radius 3 is 2.36 bits per heavy atom.